The lowest BCUT2D eigenvalue weighted by Crippen LogP contribution is -2.19. The van der Waals surface area contributed by atoms with E-state index in [9.17, 15) is 4.79 Å². The second-order valence-electron chi connectivity index (χ2n) is 4.32. The van der Waals surface area contributed by atoms with Crippen molar-refractivity contribution in [1.82, 2.24) is 10.4 Å². The molecule has 1 heterocycles. The molecule has 0 unspecified atom stereocenters. The Labute approximate surface area is 127 Å². The van der Waals surface area contributed by atoms with Gasteiger partial charge in [0.2, 0.25) is 5.91 Å². The molecule has 2 rings (SSSR count). The number of hydrogen-bond donors (Lipinski definition) is 1. The maximum Gasteiger partial charge on any atom is 0.246 e. The third-order valence-electron chi connectivity index (χ3n) is 2.59. The van der Waals surface area contributed by atoms with Crippen molar-refractivity contribution in [2.45, 2.75) is 20.3 Å². The summed E-state index contributed by atoms with van der Waals surface area (Å²) in [6, 6.07) is 7.53. The SMILES string of the molecule is CCOc1ccccc1/C=N\NC(=O)Cc1nc(C)cs1. The molecule has 0 bridgehead atoms. The smallest absolute Gasteiger partial charge is 0.246 e. The fraction of sp³-hybridized carbons (Fsp3) is 0.267. The van der Waals surface area contributed by atoms with E-state index < -0.39 is 0 Å². The first-order chi connectivity index (χ1) is 10.2. The van der Waals surface area contributed by atoms with E-state index in [0.29, 0.717) is 6.61 Å². The normalized spacial score (nSPS) is 10.8. The summed E-state index contributed by atoms with van der Waals surface area (Å²) >= 11 is 1.47. The zero-order valence-corrected chi connectivity index (χ0v) is 12.8. The monoisotopic (exact) mass is 303 g/mol. The summed E-state index contributed by atoms with van der Waals surface area (Å²) in [6.45, 7) is 4.41. The van der Waals surface area contributed by atoms with Gasteiger partial charge in [-0.3, -0.25) is 4.79 Å². The maximum absolute atomic E-state index is 11.7. The molecule has 2 aromatic rings. The Morgan fingerprint density at radius 1 is 1.48 bits per heavy atom. The molecule has 0 fully saturated rings. The van der Waals surface area contributed by atoms with Crippen molar-refractivity contribution < 1.29 is 9.53 Å². The summed E-state index contributed by atoms with van der Waals surface area (Å²) in [5.41, 5.74) is 4.25. The number of aromatic nitrogens is 1. The fourth-order valence-electron chi connectivity index (χ4n) is 1.71. The molecule has 1 N–H and O–H groups in total. The standard InChI is InChI=1S/C15H17N3O2S/c1-3-20-13-7-5-4-6-12(13)9-16-18-14(19)8-15-17-11(2)10-21-15/h4-7,9-10H,3,8H2,1-2H3,(H,18,19)/b16-9-. The zero-order valence-electron chi connectivity index (χ0n) is 12.0. The summed E-state index contributed by atoms with van der Waals surface area (Å²) in [4.78, 5) is 16.0. The van der Waals surface area contributed by atoms with Crippen molar-refractivity contribution in [2.75, 3.05) is 6.61 Å². The van der Waals surface area contributed by atoms with Crippen LogP contribution in [0.25, 0.3) is 0 Å². The van der Waals surface area contributed by atoms with Crippen LogP contribution >= 0.6 is 11.3 Å². The second-order valence-corrected chi connectivity index (χ2v) is 5.27. The van der Waals surface area contributed by atoms with Gasteiger partial charge < -0.3 is 4.74 Å². The average molecular weight is 303 g/mol. The van der Waals surface area contributed by atoms with Crippen molar-refractivity contribution in [3.05, 3.63) is 45.9 Å². The van der Waals surface area contributed by atoms with E-state index in [1.54, 1.807) is 6.21 Å². The van der Waals surface area contributed by atoms with Crippen LogP contribution in [0.5, 0.6) is 5.75 Å². The highest BCUT2D eigenvalue weighted by molar-refractivity contribution is 7.09. The molecule has 1 aromatic heterocycles. The Morgan fingerprint density at radius 3 is 3.00 bits per heavy atom. The highest BCUT2D eigenvalue weighted by atomic mass is 32.1. The van der Waals surface area contributed by atoms with Crippen LogP contribution in [-0.4, -0.2) is 23.7 Å². The number of hydrazone groups is 1. The van der Waals surface area contributed by atoms with E-state index in [4.69, 9.17) is 4.74 Å². The van der Waals surface area contributed by atoms with E-state index in [1.807, 2.05) is 43.5 Å². The number of amides is 1. The molecule has 0 aliphatic carbocycles. The van der Waals surface area contributed by atoms with E-state index >= 15 is 0 Å². The first kappa shape index (κ1) is 15.2. The van der Waals surface area contributed by atoms with Gasteiger partial charge in [0, 0.05) is 16.6 Å². The summed E-state index contributed by atoms with van der Waals surface area (Å²) < 4.78 is 5.48. The van der Waals surface area contributed by atoms with Crippen molar-refractivity contribution in [2.24, 2.45) is 5.10 Å². The maximum atomic E-state index is 11.7. The molecule has 1 aromatic carbocycles. The first-order valence-corrected chi connectivity index (χ1v) is 7.51. The molecule has 1 amide bonds. The predicted octanol–water partition coefficient (Wildman–Crippen LogP) is 2.54. The summed E-state index contributed by atoms with van der Waals surface area (Å²) in [6.07, 6.45) is 1.82. The Morgan fingerprint density at radius 2 is 2.29 bits per heavy atom. The van der Waals surface area contributed by atoms with Gasteiger partial charge in [-0.25, -0.2) is 10.4 Å². The third-order valence-corrected chi connectivity index (χ3v) is 3.56. The predicted molar refractivity (Wildman–Crippen MR) is 83.9 cm³/mol. The largest absolute Gasteiger partial charge is 0.493 e. The van der Waals surface area contributed by atoms with Gasteiger partial charge in [0.15, 0.2) is 0 Å². The number of thiazole rings is 1. The summed E-state index contributed by atoms with van der Waals surface area (Å²) in [7, 11) is 0. The molecule has 110 valence electrons. The molecular weight excluding hydrogens is 286 g/mol. The van der Waals surface area contributed by atoms with Crippen LogP contribution in [0.4, 0.5) is 0 Å². The third kappa shape index (κ3) is 4.68. The number of hydrogen-bond acceptors (Lipinski definition) is 5. The van der Waals surface area contributed by atoms with Crippen LogP contribution in [0, 0.1) is 6.92 Å². The van der Waals surface area contributed by atoms with Crippen LogP contribution in [0.1, 0.15) is 23.2 Å². The lowest BCUT2D eigenvalue weighted by atomic mass is 10.2. The highest BCUT2D eigenvalue weighted by Crippen LogP contribution is 2.15. The lowest BCUT2D eigenvalue weighted by molar-refractivity contribution is -0.120. The van der Waals surface area contributed by atoms with Gasteiger partial charge in [-0.2, -0.15) is 5.10 Å². The average Bonchev–Trinajstić information content (AvgIpc) is 2.86. The molecule has 0 spiro atoms. The molecule has 0 radical (unpaired) electrons. The zero-order chi connectivity index (χ0) is 15.1. The van der Waals surface area contributed by atoms with Crippen LogP contribution in [0.15, 0.2) is 34.7 Å². The number of carbonyl (C=O) groups excluding carboxylic acids is 1. The minimum atomic E-state index is -0.186. The molecule has 6 heteroatoms. The van der Waals surface area contributed by atoms with Crippen LogP contribution in [0.3, 0.4) is 0 Å². The van der Waals surface area contributed by atoms with Crippen molar-refractivity contribution in [1.29, 1.82) is 0 Å². The van der Waals surface area contributed by atoms with Gasteiger partial charge in [0.25, 0.3) is 0 Å². The number of rotatable bonds is 6. The molecule has 0 atom stereocenters. The molecule has 21 heavy (non-hydrogen) atoms. The van der Waals surface area contributed by atoms with E-state index in [2.05, 4.69) is 15.5 Å². The van der Waals surface area contributed by atoms with Gasteiger partial charge >= 0.3 is 0 Å². The molecule has 5 nitrogen and oxygen atoms in total. The number of ether oxygens (including phenoxy) is 1. The van der Waals surface area contributed by atoms with E-state index in [-0.39, 0.29) is 12.3 Å². The van der Waals surface area contributed by atoms with E-state index in [1.165, 1.54) is 11.3 Å². The Bertz CT molecular complexity index is 637. The van der Waals surface area contributed by atoms with Gasteiger partial charge in [-0.05, 0) is 26.0 Å². The second kappa shape index (κ2) is 7.54. The number of nitrogens with one attached hydrogen (secondary N) is 1. The minimum absolute atomic E-state index is 0.186. The number of aryl methyl sites for hydroxylation is 1. The Hall–Kier alpha value is -2.21. The van der Waals surface area contributed by atoms with Gasteiger partial charge in [0.05, 0.1) is 19.2 Å². The van der Waals surface area contributed by atoms with Gasteiger partial charge in [-0.1, -0.05) is 12.1 Å². The molecule has 0 aliphatic rings. The highest BCUT2D eigenvalue weighted by Gasteiger charge is 2.05. The fourth-order valence-corrected chi connectivity index (χ4v) is 2.48. The minimum Gasteiger partial charge on any atom is -0.493 e. The van der Waals surface area contributed by atoms with Crippen LogP contribution in [0.2, 0.25) is 0 Å². The Kier molecular flexibility index (Phi) is 5.45. The summed E-state index contributed by atoms with van der Waals surface area (Å²) in [5.74, 6) is 0.558. The van der Waals surface area contributed by atoms with Crippen molar-refractivity contribution in [3.8, 4) is 5.75 Å². The van der Waals surface area contributed by atoms with Gasteiger partial charge in [-0.15, -0.1) is 11.3 Å². The number of nitrogens with zero attached hydrogens (tertiary/aromatic N) is 2. The molecular formula is C15H17N3O2S. The number of benzene rings is 1. The number of carbonyl (C=O) groups is 1. The number of para-hydroxylation sites is 1. The van der Waals surface area contributed by atoms with Gasteiger partial charge in [0.1, 0.15) is 10.8 Å². The quantitative estimate of drug-likeness (QED) is 0.659. The van der Waals surface area contributed by atoms with Crippen molar-refractivity contribution >= 4 is 23.5 Å². The van der Waals surface area contributed by atoms with Crippen LogP contribution < -0.4 is 10.2 Å². The molecule has 0 saturated heterocycles. The van der Waals surface area contributed by atoms with Crippen molar-refractivity contribution in [3.63, 3.8) is 0 Å². The Balaban J connectivity index is 1.91. The van der Waals surface area contributed by atoms with E-state index in [0.717, 1.165) is 22.0 Å². The molecule has 0 aliphatic heterocycles. The van der Waals surface area contributed by atoms with Crippen LogP contribution in [-0.2, 0) is 11.2 Å². The first-order valence-electron chi connectivity index (χ1n) is 6.63. The topological polar surface area (TPSA) is 63.6 Å². The molecule has 0 saturated carbocycles. The summed E-state index contributed by atoms with van der Waals surface area (Å²) in [5, 5.41) is 6.67. The lowest BCUT2D eigenvalue weighted by Gasteiger charge is -2.05.